The summed E-state index contributed by atoms with van der Waals surface area (Å²) < 4.78 is 30.5. The maximum absolute atomic E-state index is 13.7. The fraction of sp³-hybridized carbons (Fsp3) is 0.316. The standard InChI is InChI=1S/C19H18FNO4/c20-12-6-7-16-14(11-12)15(4-2-8-23-16)21-19(22)13-3-1-5-17-18(13)25-10-9-24-17/h1,3,5-7,11,15H,2,4,8-10H2,(H,21,22). The summed E-state index contributed by atoms with van der Waals surface area (Å²) in [4.78, 5) is 12.8. The molecule has 1 unspecified atom stereocenters. The van der Waals surface area contributed by atoms with E-state index in [1.165, 1.54) is 12.1 Å². The van der Waals surface area contributed by atoms with E-state index in [-0.39, 0.29) is 17.8 Å². The van der Waals surface area contributed by atoms with Crippen LogP contribution in [0.15, 0.2) is 36.4 Å². The molecule has 2 aliphatic heterocycles. The van der Waals surface area contributed by atoms with Crippen LogP contribution in [-0.2, 0) is 0 Å². The molecule has 5 nitrogen and oxygen atoms in total. The molecule has 0 fully saturated rings. The molecule has 130 valence electrons. The van der Waals surface area contributed by atoms with Gasteiger partial charge in [0, 0.05) is 5.56 Å². The van der Waals surface area contributed by atoms with Crippen molar-refractivity contribution in [2.24, 2.45) is 0 Å². The van der Waals surface area contributed by atoms with Gasteiger partial charge in [-0.2, -0.15) is 0 Å². The summed E-state index contributed by atoms with van der Waals surface area (Å²) in [7, 11) is 0. The summed E-state index contributed by atoms with van der Waals surface area (Å²) in [5.41, 5.74) is 1.08. The molecule has 4 rings (SSSR count). The second-order valence-electron chi connectivity index (χ2n) is 6.03. The Hall–Kier alpha value is -2.76. The van der Waals surface area contributed by atoms with E-state index in [2.05, 4.69) is 5.32 Å². The predicted octanol–water partition coefficient (Wildman–Crippen LogP) is 3.24. The molecule has 6 heteroatoms. The fourth-order valence-electron chi connectivity index (χ4n) is 3.19. The van der Waals surface area contributed by atoms with Gasteiger partial charge in [0.15, 0.2) is 11.5 Å². The van der Waals surface area contributed by atoms with E-state index in [4.69, 9.17) is 14.2 Å². The molecular weight excluding hydrogens is 325 g/mol. The molecule has 0 spiro atoms. The van der Waals surface area contributed by atoms with Gasteiger partial charge in [0.05, 0.1) is 18.2 Å². The Bertz CT molecular complexity index is 808. The van der Waals surface area contributed by atoms with Gasteiger partial charge in [0.25, 0.3) is 5.91 Å². The lowest BCUT2D eigenvalue weighted by molar-refractivity contribution is 0.0923. The number of halogens is 1. The van der Waals surface area contributed by atoms with Gasteiger partial charge < -0.3 is 19.5 Å². The Morgan fingerprint density at radius 2 is 1.88 bits per heavy atom. The molecule has 0 bridgehead atoms. The zero-order valence-electron chi connectivity index (χ0n) is 13.6. The van der Waals surface area contributed by atoms with Gasteiger partial charge in [-0.3, -0.25) is 4.79 Å². The number of fused-ring (bicyclic) bond motifs is 2. The van der Waals surface area contributed by atoms with Crippen LogP contribution in [-0.4, -0.2) is 25.7 Å². The molecule has 0 saturated heterocycles. The van der Waals surface area contributed by atoms with Crippen molar-refractivity contribution in [2.45, 2.75) is 18.9 Å². The summed E-state index contributed by atoms with van der Waals surface area (Å²) in [6.07, 6.45) is 1.45. The smallest absolute Gasteiger partial charge is 0.255 e. The monoisotopic (exact) mass is 343 g/mol. The van der Waals surface area contributed by atoms with Crippen molar-refractivity contribution in [3.8, 4) is 17.2 Å². The predicted molar refractivity (Wildman–Crippen MR) is 88.8 cm³/mol. The fourth-order valence-corrected chi connectivity index (χ4v) is 3.19. The van der Waals surface area contributed by atoms with Gasteiger partial charge in [0.2, 0.25) is 0 Å². The number of carbonyl (C=O) groups is 1. The Morgan fingerprint density at radius 1 is 1.04 bits per heavy atom. The van der Waals surface area contributed by atoms with E-state index in [1.54, 1.807) is 24.3 Å². The van der Waals surface area contributed by atoms with E-state index in [9.17, 15) is 9.18 Å². The minimum atomic E-state index is -0.350. The van der Waals surface area contributed by atoms with Crippen molar-refractivity contribution in [1.82, 2.24) is 5.32 Å². The first-order valence-electron chi connectivity index (χ1n) is 8.34. The first kappa shape index (κ1) is 15.7. The molecule has 0 radical (unpaired) electrons. The average Bonchev–Trinajstić information content (AvgIpc) is 2.83. The quantitative estimate of drug-likeness (QED) is 0.909. The number of para-hydroxylation sites is 1. The van der Waals surface area contributed by atoms with Gasteiger partial charge in [-0.1, -0.05) is 6.07 Å². The van der Waals surface area contributed by atoms with Crippen LogP contribution in [0.3, 0.4) is 0 Å². The lowest BCUT2D eigenvalue weighted by Crippen LogP contribution is -2.29. The highest BCUT2D eigenvalue weighted by atomic mass is 19.1. The molecule has 0 aromatic heterocycles. The first-order chi connectivity index (χ1) is 12.2. The van der Waals surface area contributed by atoms with Crippen molar-refractivity contribution < 1.29 is 23.4 Å². The molecule has 25 heavy (non-hydrogen) atoms. The van der Waals surface area contributed by atoms with Gasteiger partial charge >= 0.3 is 0 Å². The van der Waals surface area contributed by atoms with Crippen molar-refractivity contribution >= 4 is 5.91 Å². The Kier molecular flexibility index (Phi) is 4.17. The molecule has 1 amide bonds. The largest absolute Gasteiger partial charge is 0.493 e. The van der Waals surface area contributed by atoms with Crippen LogP contribution in [0.4, 0.5) is 4.39 Å². The number of nitrogens with one attached hydrogen (secondary N) is 1. The number of carbonyl (C=O) groups excluding carboxylic acids is 1. The summed E-state index contributed by atoms with van der Waals surface area (Å²) in [6, 6.07) is 9.30. The zero-order chi connectivity index (χ0) is 17.2. The Morgan fingerprint density at radius 3 is 2.80 bits per heavy atom. The van der Waals surface area contributed by atoms with Gasteiger partial charge in [-0.05, 0) is 43.2 Å². The second kappa shape index (κ2) is 6.63. The third kappa shape index (κ3) is 3.12. The van der Waals surface area contributed by atoms with Crippen LogP contribution in [0.25, 0.3) is 0 Å². The van der Waals surface area contributed by atoms with Crippen molar-refractivity contribution in [2.75, 3.05) is 19.8 Å². The number of ether oxygens (including phenoxy) is 3. The summed E-state index contributed by atoms with van der Waals surface area (Å²) in [5, 5.41) is 2.99. The number of hydrogen-bond donors (Lipinski definition) is 1. The zero-order valence-corrected chi connectivity index (χ0v) is 13.6. The van der Waals surface area contributed by atoms with Crippen LogP contribution in [0, 0.1) is 5.82 Å². The third-order valence-corrected chi connectivity index (χ3v) is 4.36. The first-order valence-corrected chi connectivity index (χ1v) is 8.34. The highest BCUT2D eigenvalue weighted by Gasteiger charge is 2.26. The molecule has 2 heterocycles. The lowest BCUT2D eigenvalue weighted by Gasteiger charge is -2.22. The van der Waals surface area contributed by atoms with E-state index in [0.717, 1.165) is 6.42 Å². The van der Waals surface area contributed by atoms with Gasteiger partial charge in [-0.15, -0.1) is 0 Å². The topological polar surface area (TPSA) is 56.8 Å². The molecule has 2 aromatic rings. The van der Waals surface area contributed by atoms with E-state index in [1.807, 2.05) is 0 Å². The van der Waals surface area contributed by atoms with Crippen LogP contribution in [0.2, 0.25) is 0 Å². The molecule has 2 aliphatic rings. The number of benzene rings is 2. The summed E-state index contributed by atoms with van der Waals surface area (Å²) in [6.45, 7) is 1.41. The Labute approximate surface area is 144 Å². The normalized spacial score (nSPS) is 18.5. The molecule has 1 atom stereocenters. The second-order valence-corrected chi connectivity index (χ2v) is 6.03. The number of hydrogen-bond acceptors (Lipinski definition) is 4. The average molecular weight is 343 g/mol. The van der Waals surface area contributed by atoms with Crippen LogP contribution >= 0.6 is 0 Å². The van der Waals surface area contributed by atoms with Crippen LogP contribution in [0.1, 0.15) is 34.8 Å². The number of amides is 1. The lowest BCUT2D eigenvalue weighted by atomic mass is 10.0. The maximum atomic E-state index is 13.7. The van der Waals surface area contributed by atoms with Crippen molar-refractivity contribution in [3.63, 3.8) is 0 Å². The van der Waals surface area contributed by atoms with E-state index < -0.39 is 0 Å². The number of rotatable bonds is 2. The highest BCUT2D eigenvalue weighted by Crippen LogP contribution is 2.35. The van der Waals surface area contributed by atoms with E-state index >= 15 is 0 Å². The summed E-state index contributed by atoms with van der Waals surface area (Å²) in [5.74, 6) is 1.01. The molecular formula is C19H18FNO4. The maximum Gasteiger partial charge on any atom is 0.255 e. The SMILES string of the molecule is O=C(NC1CCCOc2ccc(F)cc21)c1cccc2c1OCCO2. The molecule has 2 aromatic carbocycles. The van der Waals surface area contributed by atoms with Crippen molar-refractivity contribution in [3.05, 3.63) is 53.3 Å². The van der Waals surface area contributed by atoms with Crippen molar-refractivity contribution in [1.29, 1.82) is 0 Å². The van der Waals surface area contributed by atoms with E-state index in [0.29, 0.717) is 54.6 Å². The van der Waals surface area contributed by atoms with Gasteiger partial charge in [0.1, 0.15) is 24.8 Å². The highest BCUT2D eigenvalue weighted by molar-refractivity contribution is 5.98. The summed E-state index contributed by atoms with van der Waals surface area (Å²) >= 11 is 0. The van der Waals surface area contributed by atoms with Crippen LogP contribution in [0.5, 0.6) is 17.2 Å². The third-order valence-electron chi connectivity index (χ3n) is 4.36. The molecule has 0 aliphatic carbocycles. The minimum absolute atomic E-state index is 0.274. The minimum Gasteiger partial charge on any atom is -0.493 e. The molecule has 0 saturated carbocycles. The van der Waals surface area contributed by atoms with Crippen LogP contribution < -0.4 is 19.5 Å². The molecule has 1 N–H and O–H groups in total. The Balaban J connectivity index is 1.62. The van der Waals surface area contributed by atoms with Gasteiger partial charge in [-0.25, -0.2) is 4.39 Å².